The molecule has 0 saturated carbocycles. The summed E-state index contributed by atoms with van der Waals surface area (Å²) in [6.07, 6.45) is 8.45. The fourth-order valence-electron chi connectivity index (χ4n) is 2.51. The first kappa shape index (κ1) is 12.2. The summed E-state index contributed by atoms with van der Waals surface area (Å²) in [5, 5.41) is 0. The summed E-state index contributed by atoms with van der Waals surface area (Å²) in [5.74, 6) is -0.0520. The minimum absolute atomic E-state index is 0.0825. The van der Waals surface area contributed by atoms with Crippen molar-refractivity contribution in [1.82, 2.24) is 0 Å². The largest absolute Gasteiger partial charge is 0.454 e. The zero-order chi connectivity index (χ0) is 12.4. The molecule has 2 nitrogen and oxygen atoms in total. The van der Waals surface area contributed by atoms with Crippen molar-refractivity contribution in [1.29, 1.82) is 0 Å². The van der Waals surface area contributed by atoms with Gasteiger partial charge < -0.3 is 4.74 Å². The lowest BCUT2D eigenvalue weighted by molar-refractivity contribution is -0.137. The molecule has 17 heavy (non-hydrogen) atoms. The summed E-state index contributed by atoms with van der Waals surface area (Å²) in [4.78, 5) is 11.6. The molecule has 92 valence electrons. The summed E-state index contributed by atoms with van der Waals surface area (Å²) >= 11 is 0. The molecule has 1 heterocycles. The molecule has 1 aliphatic carbocycles. The fourth-order valence-corrected chi connectivity index (χ4v) is 2.51. The van der Waals surface area contributed by atoms with Gasteiger partial charge in [-0.05, 0) is 45.6 Å². The van der Waals surface area contributed by atoms with Gasteiger partial charge in [0.1, 0.15) is 6.10 Å². The second-order valence-corrected chi connectivity index (χ2v) is 5.14. The van der Waals surface area contributed by atoms with E-state index >= 15 is 0 Å². The highest BCUT2D eigenvalue weighted by atomic mass is 16.5. The summed E-state index contributed by atoms with van der Waals surface area (Å²) in [7, 11) is 0. The molecule has 0 unspecified atom stereocenters. The van der Waals surface area contributed by atoms with Gasteiger partial charge in [-0.3, -0.25) is 0 Å². The molecular weight excluding hydrogens is 212 g/mol. The SMILES string of the molecule is C=C1C(=O)O[C@@H]2/C=C(\C)CC/C=C(\C)CC[C@H]12. The highest BCUT2D eigenvalue weighted by molar-refractivity contribution is 5.91. The maximum Gasteiger partial charge on any atom is 0.334 e. The lowest BCUT2D eigenvalue weighted by Gasteiger charge is -2.17. The van der Waals surface area contributed by atoms with E-state index in [4.69, 9.17) is 4.74 Å². The first-order chi connectivity index (χ1) is 8.08. The Morgan fingerprint density at radius 2 is 2.06 bits per heavy atom. The van der Waals surface area contributed by atoms with E-state index in [-0.39, 0.29) is 18.0 Å². The number of rotatable bonds is 0. The lowest BCUT2D eigenvalue weighted by Crippen LogP contribution is -2.15. The van der Waals surface area contributed by atoms with Crippen LogP contribution >= 0.6 is 0 Å². The highest BCUT2D eigenvalue weighted by Gasteiger charge is 2.36. The molecule has 0 aromatic rings. The minimum Gasteiger partial charge on any atom is -0.454 e. The van der Waals surface area contributed by atoms with Gasteiger partial charge in [0.25, 0.3) is 0 Å². The van der Waals surface area contributed by atoms with Crippen LogP contribution in [0.2, 0.25) is 0 Å². The molecule has 0 aromatic carbocycles. The van der Waals surface area contributed by atoms with E-state index in [0.29, 0.717) is 5.57 Å². The van der Waals surface area contributed by atoms with Crippen molar-refractivity contribution in [3.8, 4) is 0 Å². The average Bonchev–Trinajstić information content (AvgIpc) is 2.52. The van der Waals surface area contributed by atoms with E-state index in [1.807, 2.05) is 0 Å². The second-order valence-electron chi connectivity index (χ2n) is 5.14. The van der Waals surface area contributed by atoms with Crippen LogP contribution in [0.3, 0.4) is 0 Å². The Labute approximate surface area is 103 Å². The molecule has 1 aliphatic heterocycles. The summed E-state index contributed by atoms with van der Waals surface area (Å²) < 4.78 is 5.38. The molecule has 0 N–H and O–H groups in total. The first-order valence-electron chi connectivity index (χ1n) is 6.30. The van der Waals surface area contributed by atoms with Crippen LogP contribution < -0.4 is 0 Å². The average molecular weight is 232 g/mol. The molecule has 0 aromatic heterocycles. The molecule has 1 fully saturated rings. The Hall–Kier alpha value is -1.31. The minimum atomic E-state index is -0.218. The van der Waals surface area contributed by atoms with E-state index in [9.17, 15) is 4.79 Å². The third kappa shape index (κ3) is 2.68. The van der Waals surface area contributed by atoms with Gasteiger partial charge in [0.05, 0.1) is 0 Å². The fraction of sp³-hybridized carbons (Fsp3) is 0.533. The quantitative estimate of drug-likeness (QED) is 0.363. The zero-order valence-corrected chi connectivity index (χ0v) is 10.7. The number of ether oxygens (including phenoxy) is 1. The maximum atomic E-state index is 11.6. The molecule has 0 radical (unpaired) electrons. The van der Waals surface area contributed by atoms with Gasteiger partial charge in [0.2, 0.25) is 0 Å². The topological polar surface area (TPSA) is 26.3 Å². The van der Waals surface area contributed by atoms with Crippen LogP contribution in [0.1, 0.15) is 39.5 Å². The van der Waals surface area contributed by atoms with E-state index in [1.54, 1.807) is 0 Å². The first-order valence-corrected chi connectivity index (χ1v) is 6.30. The molecule has 2 atom stereocenters. The molecule has 2 rings (SSSR count). The van der Waals surface area contributed by atoms with Gasteiger partial charge in [0, 0.05) is 11.5 Å². The molecular formula is C15H20O2. The Kier molecular flexibility index (Phi) is 3.51. The highest BCUT2D eigenvalue weighted by Crippen LogP contribution is 2.33. The number of hydrogen-bond acceptors (Lipinski definition) is 2. The molecule has 0 spiro atoms. The van der Waals surface area contributed by atoms with E-state index < -0.39 is 0 Å². The van der Waals surface area contributed by atoms with Crippen LogP contribution in [0.5, 0.6) is 0 Å². The molecule has 0 amide bonds. The van der Waals surface area contributed by atoms with Crippen LogP contribution in [0.25, 0.3) is 0 Å². The van der Waals surface area contributed by atoms with Crippen molar-refractivity contribution in [3.63, 3.8) is 0 Å². The summed E-state index contributed by atoms with van der Waals surface area (Å²) in [5.41, 5.74) is 3.35. The van der Waals surface area contributed by atoms with Gasteiger partial charge in [-0.15, -0.1) is 0 Å². The molecule has 1 saturated heterocycles. The van der Waals surface area contributed by atoms with Crippen LogP contribution in [0, 0.1) is 5.92 Å². The summed E-state index contributed by atoms with van der Waals surface area (Å²) in [6, 6.07) is 0. The van der Waals surface area contributed by atoms with Crippen molar-refractivity contribution in [3.05, 3.63) is 35.5 Å². The molecule has 2 heteroatoms. The predicted molar refractivity (Wildman–Crippen MR) is 68.5 cm³/mol. The number of carbonyl (C=O) groups excluding carboxylic acids is 1. The number of hydrogen-bond donors (Lipinski definition) is 0. The number of esters is 1. The normalized spacial score (nSPS) is 36.4. The standard InChI is InChI=1S/C15H20O2/c1-10-5-4-6-11(2)9-14-13(8-7-10)12(3)15(16)17-14/h5,9,13-14H,3-4,6-8H2,1-2H3/b10-5+,11-9+/t13-,14-/m1/s1. The van der Waals surface area contributed by atoms with Crippen molar-refractivity contribution in [2.24, 2.45) is 5.92 Å². The Bertz CT molecular complexity index is 401. The second kappa shape index (κ2) is 4.91. The van der Waals surface area contributed by atoms with Gasteiger partial charge in [-0.2, -0.15) is 0 Å². The predicted octanol–water partition coefficient (Wildman–Crippen LogP) is 3.55. The van der Waals surface area contributed by atoms with Gasteiger partial charge in [-0.1, -0.05) is 23.8 Å². The van der Waals surface area contributed by atoms with Crippen molar-refractivity contribution in [2.45, 2.75) is 45.6 Å². The number of fused-ring (bicyclic) bond motifs is 1. The number of allylic oxidation sites excluding steroid dienone is 3. The van der Waals surface area contributed by atoms with Gasteiger partial charge >= 0.3 is 5.97 Å². The Morgan fingerprint density at radius 3 is 2.82 bits per heavy atom. The van der Waals surface area contributed by atoms with Crippen molar-refractivity contribution in [2.75, 3.05) is 0 Å². The van der Waals surface area contributed by atoms with Crippen molar-refractivity contribution < 1.29 is 9.53 Å². The van der Waals surface area contributed by atoms with Crippen LogP contribution in [0.15, 0.2) is 35.5 Å². The van der Waals surface area contributed by atoms with Gasteiger partial charge in [0.15, 0.2) is 0 Å². The van der Waals surface area contributed by atoms with Crippen molar-refractivity contribution >= 4 is 5.97 Å². The molecule has 2 aliphatic rings. The van der Waals surface area contributed by atoms with E-state index in [2.05, 4.69) is 32.6 Å². The third-order valence-corrected chi connectivity index (χ3v) is 3.68. The third-order valence-electron chi connectivity index (χ3n) is 3.68. The van der Waals surface area contributed by atoms with Crippen LogP contribution in [-0.4, -0.2) is 12.1 Å². The monoisotopic (exact) mass is 232 g/mol. The van der Waals surface area contributed by atoms with Crippen LogP contribution in [-0.2, 0) is 9.53 Å². The number of carbonyl (C=O) groups is 1. The summed E-state index contributed by atoms with van der Waals surface area (Å²) in [6.45, 7) is 8.14. The Morgan fingerprint density at radius 1 is 1.29 bits per heavy atom. The van der Waals surface area contributed by atoms with Crippen LogP contribution in [0.4, 0.5) is 0 Å². The lowest BCUT2D eigenvalue weighted by atomic mass is 9.88. The van der Waals surface area contributed by atoms with E-state index in [0.717, 1.165) is 25.7 Å². The van der Waals surface area contributed by atoms with E-state index in [1.165, 1.54) is 11.1 Å². The van der Waals surface area contributed by atoms with Gasteiger partial charge in [-0.25, -0.2) is 4.79 Å². The smallest absolute Gasteiger partial charge is 0.334 e. The maximum absolute atomic E-state index is 11.6. The Balaban J connectivity index is 2.24. The molecule has 0 bridgehead atoms. The zero-order valence-electron chi connectivity index (χ0n) is 10.7.